The van der Waals surface area contributed by atoms with Gasteiger partial charge < -0.3 is 5.32 Å². The molecule has 0 aliphatic carbocycles. The van der Waals surface area contributed by atoms with E-state index in [0.717, 1.165) is 42.1 Å². The van der Waals surface area contributed by atoms with E-state index in [-0.39, 0.29) is 30.3 Å². The topological polar surface area (TPSA) is 79.6 Å². The van der Waals surface area contributed by atoms with Crippen LogP contribution in [0.3, 0.4) is 0 Å². The second-order valence-corrected chi connectivity index (χ2v) is 7.39. The van der Waals surface area contributed by atoms with Gasteiger partial charge in [-0.1, -0.05) is 12.1 Å². The van der Waals surface area contributed by atoms with Crippen LogP contribution >= 0.6 is 0 Å². The second kappa shape index (κ2) is 6.94. The van der Waals surface area contributed by atoms with Crippen molar-refractivity contribution in [3.8, 4) is 0 Å². The van der Waals surface area contributed by atoms with Crippen molar-refractivity contribution >= 4 is 22.8 Å². The van der Waals surface area contributed by atoms with Gasteiger partial charge in [-0.2, -0.15) is 9.69 Å². The molecule has 8 heteroatoms. The van der Waals surface area contributed by atoms with Crippen LogP contribution in [0.2, 0.25) is 0 Å². The normalized spacial score (nSPS) is 19.1. The Kier molecular flexibility index (Phi) is 4.61. The first kappa shape index (κ1) is 17.9. The maximum absolute atomic E-state index is 12.9. The summed E-state index contributed by atoms with van der Waals surface area (Å²) in [5.74, 6) is -0.630. The van der Waals surface area contributed by atoms with Gasteiger partial charge in [0.2, 0.25) is 11.8 Å². The second-order valence-electron chi connectivity index (χ2n) is 7.39. The molecule has 27 heavy (non-hydrogen) atoms. The van der Waals surface area contributed by atoms with E-state index in [4.69, 9.17) is 0 Å². The van der Waals surface area contributed by atoms with Crippen LogP contribution in [0.1, 0.15) is 24.8 Å². The molecule has 4 rings (SSSR count). The van der Waals surface area contributed by atoms with Gasteiger partial charge >= 0.3 is 5.69 Å². The molecule has 0 atom stereocenters. The van der Waals surface area contributed by atoms with Gasteiger partial charge in [-0.3, -0.25) is 19.1 Å². The molecular weight excluding hydrogens is 346 g/mol. The molecule has 8 nitrogen and oxygen atoms in total. The summed E-state index contributed by atoms with van der Waals surface area (Å²) < 4.78 is 2.80. The summed E-state index contributed by atoms with van der Waals surface area (Å²) in [6.45, 7) is 2.98. The molecule has 0 bridgehead atoms. The maximum atomic E-state index is 12.9. The zero-order valence-corrected chi connectivity index (χ0v) is 15.8. The number of fused-ring (bicyclic) bond motifs is 1. The van der Waals surface area contributed by atoms with E-state index in [9.17, 15) is 14.4 Å². The number of imide groups is 1. The highest BCUT2D eigenvalue weighted by molar-refractivity contribution is 6.11. The number of rotatable bonds is 5. The third-order valence-corrected chi connectivity index (χ3v) is 5.65. The van der Waals surface area contributed by atoms with Crippen LogP contribution in [-0.4, -0.2) is 58.7 Å². The van der Waals surface area contributed by atoms with Crippen molar-refractivity contribution in [2.24, 2.45) is 7.05 Å². The summed E-state index contributed by atoms with van der Waals surface area (Å²) in [6.07, 6.45) is 1.93. The van der Waals surface area contributed by atoms with Gasteiger partial charge in [0.25, 0.3) is 0 Å². The molecule has 0 spiro atoms. The van der Waals surface area contributed by atoms with Crippen molar-refractivity contribution in [3.63, 3.8) is 0 Å². The predicted octanol–water partition coefficient (Wildman–Crippen LogP) is -0.0388. The van der Waals surface area contributed by atoms with E-state index in [2.05, 4.69) is 10.2 Å². The molecule has 0 saturated carbocycles. The first-order valence-corrected chi connectivity index (χ1v) is 9.46. The minimum Gasteiger partial charge on any atom is -0.315 e. The van der Waals surface area contributed by atoms with E-state index in [1.54, 1.807) is 17.7 Å². The number of para-hydroxylation sites is 1. The SMILES string of the molecule is CNC1CN(CCc2cccc3c2n(C)c(=O)n3N2C(=O)CCCC2=O)C1. The Morgan fingerprint density at radius 2 is 1.81 bits per heavy atom. The Morgan fingerprint density at radius 1 is 1.11 bits per heavy atom. The van der Waals surface area contributed by atoms with Gasteiger partial charge in [0, 0.05) is 45.6 Å². The third-order valence-electron chi connectivity index (χ3n) is 5.65. The van der Waals surface area contributed by atoms with Gasteiger partial charge in [0.05, 0.1) is 11.0 Å². The van der Waals surface area contributed by atoms with E-state index in [1.807, 2.05) is 19.2 Å². The lowest BCUT2D eigenvalue weighted by molar-refractivity contribution is -0.131. The van der Waals surface area contributed by atoms with Gasteiger partial charge in [-0.25, -0.2) is 4.79 Å². The minimum atomic E-state index is -0.361. The number of piperidine rings is 1. The highest BCUT2D eigenvalue weighted by Gasteiger charge is 2.31. The molecule has 2 aromatic rings. The van der Waals surface area contributed by atoms with Crippen LogP contribution in [0.5, 0.6) is 0 Å². The molecule has 3 heterocycles. The Labute approximate surface area is 157 Å². The van der Waals surface area contributed by atoms with Crippen molar-refractivity contribution in [1.29, 1.82) is 0 Å². The Hall–Kier alpha value is -2.45. The van der Waals surface area contributed by atoms with E-state index >= 15 is 0 Å². The number of carbonyl (C=O) groups excluding carboxylic acids is 2. The Bertz CT molecular complexity index is 938. The number of hydrogen-bond donors (Lipinski definition) is 1. The number of aromatic nitrogens is 2. The number of amides is 2. The third kappa shape index (κ3) is 2.98. The monoisotopic (exact) mass is 371 g/mol. The molecular formula is C19H25N5O3. The first-order valence-electron chi connectivity index (χ1n) is 9.46. The number of benzene rings is 1. The lowest BCUT2D eigenvalue weighted by Gasteiger charge is -2.39. The van der Waals surface area contributed by atoms with Crippen molar-refractivity contribution in [2.75, 3.05) is 31.7 Å². The summed E-state index contributed by atoms with van der Waals surface area (Å²) in [7, 11) is 3.68. The molecule has 0 radical (unpaired) electrons. The van der Waals surface area contributed by atoms with Crippen LogP contribution in [-0.2, 0) is 23.1 Å². The maximum Gasteiger partial charge on any atom is 0.348 e. The summed E-state index contributed by atoms with van der Waals surface area (Å²) in [6, 6.07) is 6.26. The molecule has 2 aliphatic heterocycles. The zero-order valence-electron chi connectivity index (χ0n) is 15.8. The summed E-state index contributed by atoms with van der Waals surface area (Å²) >= 11 is 0. The number of likely N-dealkylation sites (N-methyl/N-ethyl adjacent to an activating group) is 1. The van der Waals surface area contributed by atoms with Crippen molar-refractivity contribution in [2.45, 2.75) is 31.7 Å². The van der Waals surface area contributed by atoms with Crippen molar-refractivity contribution < 1.29 is 9.59 Å². The lowest BCUT2D eigenvalue weighted by Crippen LogP contribution is -2.57. The average molecular weight is 371 g/mol. The summed E-state index contributed by atoms with van der Waals surface area (Å²) in [4.78, 5) is 39.9. The Balaban J connectivity index is 1.69. The highest BCUT2D eigenvalue weighted by atomic mass is 16.2. The number of imidazole rings is 1. The Morgan fingerprint density at radius 3 is 2.48 bits per heavy atom. The number of nitrogens with zero attached hydrogens (tertiary/aromatic N) is 4. The van der Waals surface area contributed by atoms with Gasteiger partial charge in [-0.15, -0.1) is 0 Å². The lowest BCUT2D eigenvalue weighted by atomic mass is 10.1. The molecule has 1 aromatic heterocycles. The van der Waals surface area contributed by atoms with E-state index in [1.165, 1.54) is 4.68 Å². The molecule has 1 aromatic carbocycles. The fourth-order valence-corrected chi connectivity index (χ4v) is 4.05. The quantitative estimate of drug-likeness (QED) is 0.746. The van der Waals surface area contributed by atoms with Crippen molar-refractivity contribution in [1.82, 2.24) is 19.5 Å². The fraction of sp³-hybridized carbons (Fsp3) is 0.526. The fourth-order valence-electron chi connectivity index (χ4n) is 4.05. The van der Waals surface area contributed by atoms with Crippen LogP contribution in [0.25, 0.3) is 11.0 Å². The smallest absolute Gasteiger partial charge is 0.315 e. The number of aryl methyl sites for hydroxylation is 1. The largest absolute Gasteiger partial charge is 0.348 e. The molecule has 0 unspecified atom stereocenters. The number of likely N-dealkylation sites (tertiary alicyclic amines) is 1. The summed E-state index contributed by atoms with van der Waals surface area (Å²) in [5, 5.41) is 4.30. The van der Waals surface area contributed by atoms with Crippen LogP contribution in [0, 0.1) is 0 Å². The van der Waals surface area contributed by atoms with Crippen LogP contribution in [0.15, 0.2) is 23.0 Å². The standard InChI is InChI=1S/C19H25N5O3/c1-20-14-11-22(12-14)10-9-13-5-3-6-15-18(13)21(2)19(27)23(15)24-16(25)7-4-8-17(24)26/h3,5-6,14,20H,4,7-12H2,1-2H3. The minimum absolute atomic E-state index is 0.288. The highest BCUT2D eigenvalue weighted by Crippen LogP contribution is 2.21. The molecule has 2 aliphatic rings. The molecule has 2 amide bonds. The van der Waals surface area contributed by atoms with E-state index in [0.29, 0.717) is 18.0 Å². The number of hydrogen-bond acceptors (Lipinski definition) is 5. The number of carbonyl (C=O) groups is 2. The average Bonchev–Trinajstić information content (AvgIpc) is 2.86. The molecule has 2 fully saturated rings. The molecule has 2 saturated heterocycles. The number of nitrogens with one attached hydrogen (secondary N) is 1. The molecule has 1 N–H and O–H groups in total. The van der Waals surface area contributed by atoms with E-state index < -0.39 is 0 Å². The van der Waals surface area contributed by atoms with Gasteiger partial charge in [-0.05, 0) is 31.5 Å². The zero-order chi connectivity index (χ0) is 19.1. The summed E-state index contributed by atoms with van der Waals surface area (Å²) in [5.41, 5.74) is 2.09. The van der Waals surface area contributed by atoms with Gasteiger partial charge in [0.15, 0.2) is 0 Å². The first-order chi connectivity index (χ1) is 13.0. The van der Waals surface area contributed by atoms with Crippen molar-refractivity contribution in [3.05, 3.63) is 34.2 Å². The van der Waals surface area contributed by atoms with Crippen LogP contribution < -0.4 is 16.0 Å². The predicted molar refractivity (Wildman–Crippen MR) is 102 cm³/mol. The molecule has 144 valence electrons. The van der Waals surface area contributed by atoms with Crippen LogP contribution in [0.4, 0.5) is 0 Å². The van der Waals surface area contributed by atoms with Gasteiger partial charge in [0.1, 0.15) is 0 Å².